The molecule has 2 rings (SSSR count). The van der Waals surface area contributed by atoms with Crippen LogP contribution in [0.5, 0.6) is 0 Å². The molecule has 0 N–H and O–H groups in total. The number of carbonyl (C=O) groups excluding carboxylic acids is 1. The summed E-state index contributed by atoms with van der Waals surface area (Å²) in [5, 5.41) is 2.00. The molecule has 1 amide bonds. The Morgan fingerprint density at radius 3 is 3.15 bits per heavy atom. The van der Waals surface area contributed by atoms with Gasteiger partial charge in [0.2, 0.25) is 0 Å². The third kappa shape index (κ3) is 1.67. The Morgan fingerprint density at radius 2 is 2.54 bits per heavy atom. The van der Waals surface area contributed by atoms with Gasteiger partial charge in [-0.2, -0.15) is 0 Å². The number of hydrogen-bond donors (Lipinski definition) is 0. The van der Waals surface area contributed by atoms with E-state index >= 15 is 0 Å². The first-order chi connectivity index (χ1) is 6.27. The summed E-state index contributed by atoms with van der Waals surface area (Å²) in [6.45, 7) is 0.779. The number of ether oxygens (including phenoxy) is 1. The van der Waals surface area contributed by atoms with Crippen molar-refractivity contribution >= 4 is 17.4 Å². The summed E-state index contributed by atoms with van der Waals surface area (Å²) in [6.07, 6.45) is 0.649. The number of nitrogens with zero attached hydrogens (tertiary/aromatic N) is 1. The molecule has 13 heavy (non-hydrogen) atoms. The maximum Gasteiger partial charge on any atom is 0.410 e. The van der Waals surface area contributed by atoms with Crippen LogP contribution >= 0.6 is 11.3 Å². The van der Waals surface area contributed by atoms with Gasteiger partial charge in [-0.15, -0.1) is 11.3 Å². The smallest absolute Gasteiger partial charge is 0.410 e. The van der Waals surface area contributed by atoms with Gasteiger partial charge in [-0.1, -0.05) is 6.07 Å². The average Bonchev–Trinajstić information content (AvgIpc) is 2.62. The van der Waals surface area contributed by atoms with Crippen molar-refractivity contribution < 1.29 is 9.53 Å². The zero-order valence-corrected chi connectivity index (χ0v) is 8.21. The molecule has 1 aromatic rings. The zero-order valence-electron chi connectivity index (χ0n) is 7.40. The molecular weight excluding hydrogens is 186 g/mol. The fourth-order valence-corrected chi connectivity index (χ4v) is 2.14. The second-order valence-corrected chi connectivity index (χ2v) is 4.08. The van der Waals surface area contributed by atoms with Crippen molar-refractivity contribution in [2.24, 2.45) is 0 Å². The Hall–Kier alpha value is -1.03. The van der Waals surface area contributed by atoms with Gasteiger partial charge in [0.05, 0.1) is 0 Å². The van der Waals surface area contributed by atoms with Crippen molar-refractivity contribution in [3.63, 3.8) is 0 Å². The van der Waals surface area contributed by atoms with Crippen LogP contribution in [0.4, 0.5) is 4.79 Å². The molecule has 2 heterocycles. The Labute approximate surface area is 80.9 Å². The molecule has 1 fully saturated rings. The molecule has 0 radical (unpaired) electrons. The molecule has 70 valence electrons. The minimum absolute atomic E-state index is 0.0244. The van der Waals surface area contributed by atoms with Gasteiger partial charge in [-0.3, -0.25) is 0 Å². The first kappa shape index (κ1) is 8.56. The van der Waals surface area contributed by atoms with Crippen molar-refractivity contribution in [3.05, 3.63) is 22.4 Å². The number of rotatable bonds is 1. The Kier molecular flexibility index (Phi) is 2.22. The van der Waals surface area contributed by atoms with Crippen molar-refractivity contribution in [2.75, 3.05) is 13.6 Å². The number of hydrogen-bond acceptors (Lipinski definition) is 3. The maximum absolute atomic E-state index is 11.2. The molecular formula is C9H11NO2S. The molecule has 0 spiro atoms. The highest BCUT2D eigenvalue weighted by atomic mass is 32.1. The van der Waals surface area contributed by atoms with Gasteiger partial charge in [0, 0.05) is 24.9 Å². The van der Waals surface area contributed by atoms with E-state index in [0.29, 0.717) is 0 Å². The SMILES string of the molecule is CN1CC[C@@H](c2cccs2)OC1=O. The van der Waals surface area contributed by atoms with Gasteiger partial charge in [-0.25, -0.2) is 4.79 Å². The molecule has 1 atom stereocenters. The molecule has 0 aliphatic carbocycles. The van der Waals surface area contributed by atoms with Crippen molar-refractivity contribution in [1.82, 2.24) is 4.90 Å². The summed E-state index contributed by atoms with van der Waals surface area (Å²) in [5.74, 6) is 0. The average molecular weight is 197 g/mol. The summed E-state index contributed by atoms with van der Waals surface area (Å²) in [4.78, 5) is 13.9. The third-order valence-electron chi connectivity index (χ3n) is 2.14. The lowest BCUT2D eigenvalue weighted by Crippen LogP contribution is -2.35. The highest BCUT2D eigenvalue weighted by Crippen LogP contribution is 2.29. The van der Waals surface area contributed by atoms with E-state index in [2.05, 4.69) is 0 Å². The highest BCUT2D eigenvalue weighted by Gasteiger charge is 2.25. The Bertz CT molecular complexity index is 297. The lowest BCUT2D eigenvalue weighted by Gasteiger charge is -2.28. The van der Waals surface area contributed by atoms with Gasteiger partial charge in [-0.05, 0) is 11.4 Å². The van der Waals surface area contributed by atoms with E-state index in [-0.39, 0.29) is 12.2 Å². The van der Waals surface area contributed by atoms with E-state index < -0.39 is 0 Å². The second-order valence-electron chi connectivity index (χ2n) is 3.10. The predicted molar refractivity (Wildman–Crippen MR) is 50.8 cm³/mol. The minimum atomic E-state index is -0.218. The number of cyclic esters (lactones) is 1. The Morgan fingerprint density at radius 1 is 1.69 bits per heavy atom. The van der Waals surface area contributed by atoms with E-state index in [1.165, 1.54) is 0 Å². The van der Waals surface area contributed by atoms with Gasteiger partial charge in [0.1, 0.15) is 6.10 Å². The quantitative estimate of drug-likeness (QED) is 0.691. The molecule has 1 saturated heterocycles. The van der Waals surface area contributed by atoms with Crippen LogP contribution in [0, 0.1) is 0 Å². The van der Waals surface area contributed by atoms with E-state index in [1.54, 1.807) is 23.3 Å². The van der Waals surface area contributed by atoms with Crippen LogP contribution in [0.25, 0.3) is 0 Å². The molecule has 0 saturated carbocycles. The normalized spacial score (nSPS) is 23.0. The van der Waals surface area contributed by atoms with Crippen LogP contribution in [-0.2, 0) is 4.74 Å². The van der Waals surface area contributed by atoms with Crippen molar-refractivity contribution in [3.8, 4) is 0 Å². The lowest BCUT2D eigenvalue weighted by molar-refractivity contribution is 0.0340. The van der Waals surface area contributed by atoms with E-state index in [1.807, 2.05) is 17.5 Å². The van der Waals surface area contributed by atoms with E-state index in [0.717, 1.165) is 17.8 Å². The molecule has 1 aliphatic rings. The number of carbonyl (C=O) groups is 1. The molecule has 3 nitrogen and oxygen atoms in total. The summed E-state index contributed by atoms with van der Waals surface area (Å²) < 4.78 is 5.24. The standard InChI is InChI=1S/C9H11NO2S/c1-10-5-4-7(12-9(10)11)8-3-2-6-13-8/h2-3,6-7H,4-5H2,1H3/t7-/m0/s1. The van der Waals surface area contributed by atoms with Gasteiger partial charge >= 0.3 is 6.09 Å². The summed E-state index contributed by atoms with van der Waals surface area (Å²) in [6, 6.07) is 3.99. The van der Waals surface area contributed by atoms with Crippen molar-refractivity contribution in [1.29, 1.82) is 0 Å². The molecule has 4 heteroatoms. The summed E-state index contributed by atoms with van der Waals surface area (Å²) >= 11 is 1.64. The maximum atomic E-state index is 11.2. The second kappa shape index (κ2) is 3.38. The first-order valence-electron chi connectivity index (χ1n) is 4.22. The zero-order chi connectivity index (χ0) is 9.26. The predicted octanol–water partition coefficient (Wildman–Crippen LogP) is 2.26. The van der Waals surface area contributed by atoms with Gasteiger partial charge in [0.15, 0.2) is 0 Å². The minimum Gasteiger partial charge on any atom is -0.440 e. The Balaban J connectivity index is 2.08. The summed E-state index contributed by atoms with van der Waals surface area (Å²) in [5.41, 5.74) is 0. The van der Waals surface area contributed by atoms with Crippen LogP contribution in [-0.4, -0.2) is 24.6 Å². The number of amides is 1. The van der Waals surface area contributed by atoms with Crippen LogP contribution in [0.1, 0.15) is 17.4 Å². The molecule has 1 aliphatic heterocycles. The van der Waals surface area contributed by atoms with E-state index in [4.69, 9.17) is 4.74 Å². The lowest BCUT2D eigenvalue weighted by atomic mass is 10.2. The van der Waals surface area contributed by atoms with Crippen molar-refractivity contribution in [2.45, 2.75) is 12.5 Å². The topological polar surface area (TPSA) is 29.5 Å². The fraction of sp³-hybridized carbons (Fsp3) is 0.444. The molecule has 0 unspecified atom stereocenters. The van der Waals surface area contributed by atoms with Crippen LogP contribution < -0.4 is 0 Å². The van der Waals surface area contributed by atoms with Gasteiger partial charge < -0.3 is 9.64 Å². The molecule has 0 bridgehead atoms. The highest BCUT2D eigenvalue weighted by molar-refractivity contribution is 7.10. The van der Waals surface area contributed by atoms with Gasteiger partial charge in [0.25, 0.3) is 0 Å². The molecule has 0 aromatic carbocycles. The monoisotopic (exact) mass is 197 g/mol. The van der Waals surface area contributed by atoms with Crippen LogP contribution in [0.2, 0.25) is 0 Å². The molecule has 1 aromatic heterocycles. The number of thiophene rings is 1. The first-order valence-corrected chi connectivity index (χ1v) is 5.10. The summed E-state index contributed by atoms with van der Waals surface area (Å²) in [7, 11) is 1.76. The van der Waals surface area contributed by atoms with Crippen LogP contribution in [0.3, 0.4) is 0 Å². The largest absolute Gasteiger partial charge is 0.440 e. The third-order valence-corrected chi connectivity index (χ3v) is 3.11. The van der Waals surface area contributed by atoms with E-state index in [9.17, 15) is 4.79 Å². The van der Waals surface area contributed by atoms with Crippen LogP contribution in [0.15, 0.2) is 17.5 Å². The fourth-order valence-electron chi connectivity index (χ4n) is 1.35.